The molecule has 0 aromatic heterocycles. The molecule has 0 aliphatic heterocycles. The summed E-state index contributed by atoms with van der Waals surface area (Å²) < 4.78 is 5.67. The van der Waals surface area contributed by atoms with Crippen LogP contribution < -0.4 is 0 Å². The molecule has 0 amide bonds. The maximum absolute atomic E-state index is 12.2. The van der Waals surface area contributed by atoms with Crippen LogP contribution in [0.5, 0.6) is 0 Å². The second kappa shape index (κ2) is 14.0. The fourth-order valence-corrected chi connectivity index (χ4v) is 3.10. The normalized spacial score (nSPS) is 13.6. The monoisotopic (exact) mass is 348 g/mol. The predicted molar refractivity (Wildman–Crippen MR) is 104 cm³/mol. The number of hydrogen-bond donors (Lipinski definition) is 1. The van der Waals surface area contributed by atoms with Crippen LogP contribution in [-0.4, -0.2) is 23.3 Å². The number of ketones is 1. The van der Waals surface area contributed by atoms with Gasteiger partial charge in [0, 0.05) is 5.56 Å². The maximum atomic E-state index is 12.2. The average molecular weight is 349 g/mol. The summed E-state index contributed by atoms with van der Waals surface area (Å²) in [4.78, 5) is 12.2. The summed E-state index contributed by atoms with van der Waals surface area (Å²) in [5, 5.41) is 10.1. The van der Waals surface area contributed by atoms with Gasteiger partial charge in [-0.15, -0.1) is 0 Å². The first-order valence-electron chi connectivity index (χ1n) is 10.1. The summed E-state index contributed by atoms with van der Waals surface area (Å²) in [5.74, 6) is -0.349. The predicted octanol–water partition coefficient (Wildman–Crippen LogP) is 5.90. The molecule has 0 heterocycles. The second-order valence-corrected chi connectivity index (χ2v) is 6.89. The molecule has 1 aromatic carbocycles. The van der Waals surface area contributed by atoms with Gasteiger partial charge in [-0.2, -0.15) is 0 Å². The largest absolute Gasteiger partial charge is 0.362 e. The molecule has 0 saturated carbocycles. The molecule has 0 aliphatic carbocycles. The van der Waals surface area contributed by atoms with Gasteiger partial charge >= 0.3 is 0 Å². The highest BCUT2D eigenvalue weighted by molar-refractivity contribution is 5.98. The minimum Gasteiger partial charge on any atom is -0.362 e. The van der Waals surface area contributed by atoms with E-state index in [9.17, 15) is 9.90 Å². The van der Waals surface area contributed by atoms with Gasteiger partial charge in [0.15, 0.2) is 0 Å². The maximum Gasteiger partial charge on any atom is 0.220 e. The molecule has 1 N–H and O–H groups in total. The lowest BCUT2D eigenvalue weighted by Gasteiger charge is -2.20. The van der Waals surface area contributed by atoms with Gasteiger partial charge in [-0.1, -0.05) is 102 Å². The van der Waals surface area contributed by atoms with Gasteiger partial charge in [0.2, 0.25) is 12.1 Å². The Kier molecular flexibility index (Phi) is 12.3. The number of carbonyl (C=O) groups excluding carboxylic acids is 1. The Morgan fingerprint density at radius 3 is 2.08 bits per heavy atom. The first-order chi connectivity index (χ1) is 12.2. The molecule has 25 heavy (non-hydrogen) atoms. The zero-order valence-corrected chi connectivity index (χ0v) is 16.1. The quantitative estimate of drug-likeness (QED) is 0.244. The number of aliphatic hydroxyl groups is 1. The molecule has 3 nitrogen and oxygen atoms in total. The molecule has 142 valence electrons. The van der Waals surface area contributed by atoms with Crippen molar-refractivity contribution in [1.29, 1.82) is 0 Å². The number of Topliss-reactive ketones (excluding diaryl/α,β-unsaturated/α-hetero) is 1. The summed E-state index contributed by atoms with van der Waals surface area (Å²) in [6.45, 7) is 4.35. The number of rotatable bonds is 15. The van der Waals surface area contributed by atoms with Crippen LogP contribution in [0.25, 0.3) is 0 Å². The van der Waals surface area contributed by atoms with E-state index in [0.717, 1.165) is 25.7 Å². The highest BCUT2D eigenvalue weighted by atomic mass is 16.6. The van der Waals surface area contributed by atoms with E-state index in [0.29, 0.717) is 5.56 Å². The first kappa shape index (κ1) is 21.9. The molecule has 1 aromatic rings. The lowest BCUT2D eigenvalue weighted by atomic mass is 10.0. The van der Waals surface area contributed by atoms with Crippen molar-refractivity contribution in [3.8, 4) is 0 Å². The van der Waals surface area contributed by atoms with Crippen molar-refractivity contribution in [2.75, 3.05) is 0 Å². The molecule has 0 saturated heterocycles. The minimum absolute atomic E-state index is 0.0345. The molecule has 0 bridgehead atoms. The number of aliphatic hydroxyl groups excluding tert-OH is 1. The van der Waals surface area contributed by atoms with Gasteiger partial charge in [0.1, 0.15) is 0 Å². The van der Waals surface area contributed by atoms with E-state index in [1.54, 1.807) is 24.3 Å². The smallest absolute Gasteiger partial charge is 0.220 e. The highest BCUT2D eigenvalue weighted by Gasteiger charge is 2.21. The number of ether oxygens (including phenoxy) is 1. The van der Waals surface area contributed by atoms with Crippen molar-refractivity contribution in [2.24, 2.45) is 0 Å². The molecule has 0 aliphatic rings. The summed E-state index contributed by atoms with van der Waals surface area (Å²) >= 11 is 0. The molecule has 0 radical (unpaired) electrons. The van der Waals surface area contributed by atoms with Crippen molar-refractivity contribution >= 4 is 5.78 Å². The lowest BCUT2D eigenvalue weighted by molar-refractivity contribution is -0.113. The van der Waals surface area contributed by atoms with Crippen molar-refractivity contribution in [2.45, 2.75) is 96.9 Å². The van der Waals surface area contributed by atoms with Crippen LogP contribution in [0, 0.1) is 0 Å². The van der Waals surface area contributed by atoms with E-state index in [4.69, 9.17) is 4.74 Å². The molecule has 0 fully saturated rings. The van der Waals surface area contributed by atoms with Crippen molar-refractivity contribution in [3.63, 3.8) is 0 Å². The molecule has 3 heteroatoms. The zero-order valence-electron chi connectivity index (χ0n) is 16.1. The Bertz CT molecular complexity index is 444. The number of benzene rings is 1. The fraction of sp³-hybridized carbons (Fsp3) is 0.682. The van der Waals surface area contributed by atoms with Crippen LogP contribution in [0.1, 0.15) is 94.8 Å². The van der Waals surface area contributed by atoms with Crippen LogP contribution in [0.2, 0.25) is 0 Å². The van der Waals surface area contributed by atoms with Gasteiger partial charge in [0.05, 0.1) is 6.10 Å². The summed E-state index contributed by atoms with van der Waals surface area (Å²) in [5.41, 5.74) is 0.498. The van der Waals surface area contributed by atoms with E-state index in [-0.39, 0.29) is 11.9 Å². The van der Waals surface area contributed by atoms with E-state index in [2.05, 4.69) is 13.8 Å². The molecule has 2 atom stereocenters. The zero-order chi connectivity index (χ0) is 18.3. The Morgan fingerprint density at radius 1 is 0.880 bits per heavy atom. The number of unbranched alkanes of at least 4 members (excludes halogenated alkanes) is 7. The Hall–Kier alpha value is -1.19. The molecule has 1 rings (SSSR count). The average Bonchev–Trinajstić information content (AvgIpc) is 2.64. The number of carbonyl (C=O) groups is 1. The van der Waals surface area contributed by atoms with Gasteiger partial charge in [-0.05, 0) is 12.8 Å². The topological polar surface area (TPSA) is 46.5 Å². The fourth-order valence-electron chi connectivity index (χ4n) is 3.10. The van der Waals surface area contributed by atoms with Crippen LogP contribution in [-0.2, 0) is 4.74 Å². The van der Waals surface area contributed by atoms with Crippen molar-refractivity contribution in [3.05, 3.63) is 35.9 Å². The standard InChI is InChI=1S/C22H36O3/c1-3-5-6-7-8-9-10-14-18-20(15-4-2)25-22(24)21(23)19-16-12-11-13-17-19/h11-13,16-17,20,22,24H,3-10,14-15,18H2,1-2H3. The van der Waals surface area contributed by atoms with Crippen LogP contribution in [0.15, 0.2) is 30.3 Å². The van der Waals surface area contributed by atoms with Crippen LogP contribution >= 0.6 is 0 Å². The molecule has 0 spiro atoms. The van der Waals surface area contributed by atoms with E-state index in [1.807, 2.05) is 6.07 Å². The van der Waals surface area contributed by atoms with Gasteiger partial charge in [0.25, 0.3) is 0 Å². The van der Waals surface area contributed by atoms with Crippen molar-refractivity contribution in [1.82, 2.24) is 0 Å². The first-order valence-corrected chi connectivity index (χ1v) is 10.1. The van der Waals surface area contributed by atoms with Gasteiger partial charge in [-0.3, -0.25) is 4.79 Å². The second-order valence-electron chi connectivity index (χ2n) is 6.89. The molecular weight excluding hydrogens is 312 g/mol. The lowest BCUT2D eigenvalue weighted by Crippen LogP contribution is -2.29. The summed E-state index contributed by atoms with van der Waals surface area (Å²) in [6.07, 6.45) is 11.6. The molecular formula is C22H36O3. The third-order valence-corrected chi connectivity index (χ3v) is 4.59. The van der Waals surface area contributed by atoms with Crippen LogP contribution in [0.3, 0.4) is 0 Å². The minimum atomic E-state index is -1.35. The van der Waals surface area contributed by atoms with E-state index >= 15 is 0 Å². The summed E-state index contributed by atoms with van der Waals surface area (Å²) in [7, 11) is 0. The Balaban J connectivity index is 2.27. The third kappa shape index (κ3) is 9.76. The third-order valence-electron chi connectivity index (χ3n) is 4.59. The summed E-state index contributed by atoms with van der Waals surface area (Å²) in [6, 6.07) is 8.87. The SMILES string of the molecule is CCCCCCCCCCC(CCC)OC(O)C(=O)c1ccccc1. The van der Waals surface area contributed by atoms with Crippen molar-refractivity contribution < 1.29 is 14.6 Å². The van der Waals surface area contributed by atoms with Gasteiger partial charge in [-0.25, -0.2) is 0 Å². The Morgan fingerprint density at radius 2 is 1.48 bits per heavy atom. The number of hydrogen-bond acceptors (Lipinski definition) is 3. The highest BCUT2D eigenvalue weighted by Crippen LogP contribution is 2.17. The van der Waals surface area contributed by atoms with E-state index in [1.165, 1.54) is 44.9 Å². The Labute approximate surface area is 153 Å². The van der Waals surface area contributed by atoms with Gasteiger partial charge < -0.3 is 9.84 Å². The van der Waals surface area contributed by atoms with E-state index < -0.39 is 6.29 Å². The molecule has 2 unspecified atom stereocenters. The van der Waals surface area contributed by atoms with Crippen LogP contribution in [0.4, 0.5) is 0 Å².